The van der Waals surface area contributed by atoms with E-state index >= 15 is 0 Å². The second kappa shape index (κ2) is 8.79. The first-order valence-electron chi connectivity index (χ1n) is 6.45. The highest BCUT2D eigenvalue weighted by atomic mass is 35.5. The summed E-state index contributed by atoms with van der Waals surface area (Å²) in [6.45, 7) is 2.37. The van der Waals surface area contributed by atoms with Gasteiger partial charge in [-0.15, -0.1) is 12.4 Å². The molecule has 2 unspecified atom stereocenters. The molecule has 0 saturated carbocycles. The average molecular weight is 342 g/mol. The van der Waals surface area contributed by atoms with E-state index in [1.807, 2.05) is 13.8 Å². The molecule has 5 nitrogen and oxygen atoms in total. The Bertz CT molecular complexity index is 469. The number of halogens is 4. The molecule has 0 spiro atoms. The van der Waals surface area contributed by atoms with Crippen molar-refractivity contribution in [1.82, 2.24) is 4.98 Å². The zero-order chi connectivity index (χ0) is 16.0. The minimum atomic E-state index is -4.42. The van der Waals surface area contributed by atoms with Crippen molar-refractivity contribution in [3.63, 3.8) is 0 Å². The van der Waals surface area contributed by atoms with Crippen LogP contribution in [0.25, 0.3) is 0 Å². The molecule has 0 bridgehead atoms. The maximum atomic E-state index is 12.0. The molecule has 1 aromatic rings. The highest BCUT2D eigenvalue weighted by Gasteiger charge is 2.28. The summed E-state index contributed by atoms with van der Waals surface area (Å²) >= 11 is 0. The van der Waals surface area contributed by atoms with Gasteiger partial charge in [0.1, 0.15) is 0 Å². The summed E-state index contributed by atoms with van der Waals surface area (Å²) < 4.78 is 40.4. The number of nitrogens with two attached hydrogens (primary N) is 1. The van der Waals surface area contributed by atoms with Crippen LogP contribution in [-0.4, -0.2) is 29.7 Å². The van der Waals surface area contributed by atoms with E-state index in [1.54, 1.807) is 0 Å². The maximum absolute atomic E-state index is 12.0. The van der Waals surface area contributed by atoms with E-state index in [0.717, 1.165) is 6.42 Å². The van der Waals surface area contributed by atoms with Gasteiger partial charge in [-0.3, -0.25) is 4.79 Å². The van der Waals surface area contributed by atoms with Gasteiger partial charge in [0.05, 0.1) is 17.9 Å². The number of carbonyl (C=O) groups is 1. The highest BCUT2D eigenvalue weighted by molar-refractivity contribution is 5.94. The first kappa shape index (κ1) is 20.5. The molecule has 0 saturated heterocycles. The Hall–Kier alpha value is -1.54. The summed E-state index contributed by atoms with van der Waals surface area (Å²) in [5, 5.41) is 2.55. The standard InChI is InChI=1S/C13H18F3N3O2.ClH/c1-3-8(2)11(17)12(20)19-9-4-5-10(18-6-9)21-7-13(14,15)16;/h4-6,8,11H,3,7,17H2,1-2H3,(H,19,20);1H. The molecule has 2 atom stereocenters. The lowest BCUT2D eigenvalue weighted by Gasteiger charge is -2.17. The lowest BCUT2D eigenvalue weighted by atomic mass is 9.99. The molecule has 9 heteroatoms. The Balaban J connectivity index is 0.00000441. The number of hydrogen-bond acceptors (Lipinski definition) is 4. The van der Waals surface area contributed by atoms with Crippen molar-refractivity contribution in [2.75, 3.05) is 11.9 Å². The first-order valence-corrected chi connectivity index (χ1v) is 6.45. The molecule has 1 aromatic heterocycles. The van der Waals surface area contributed by atoms with E-state index < -0.39 is 18.8 Å². The van der Waals surface area contributed by atoms with Gasteiger partial charge in [0.2, 0.25) is 11.8 Å². The Kier molecular flexibility index (Phi) is 8.18. The van der Waals surface area contributed by atoms with E-state index in [1.165, 1.54) is 18.3 Å². The van der Waals surface area contributed by atoms with Crippen molar-refractivity contribution in [1.29, 1.82) is 0 Å². The third-order valence-corrected chi connectivity index (χ3v) is 2.95. The molecule has 1 amide bonds. The van der Waals surface area contributed by atoms with Crippen LogP contribution in [0.2, 0.25) is 0 Å². The van der Waals surface area contributed by atoms with Gasteiger partial charge in [0, 0.05) is 6.07 Å². The average Bonchev–Trinajstić information content (AvgIpc) is 2.44. The zero-order valence-corrected chi connectivity index (χ0v) is 13.0. The third-order valence-electron chi connectivity index (χ3n) is 2.95. The fraction of sp³-hybridized carbons (Fsp3) is 0.538. The molecule has 0 fully saturated rings. The number of alkyl halides is 3. The molecule has 0 aromatic carbocycles. The summed E-state index contributed by atoms with van der Waals surface area (Å²) in [4.78, 5) is 15.5. The molecule has 126 valence electrons. The topological polar surface area (TPSA) is 77.2 Å². The summed E-state index contributed by atoms with van der Waals surface area (Å²) in [7, 11) is 0. The van der Waals surface area contributed by atoms with Crippen molar-refractivity contribution in [3.05, 3.63) is 18.3 Å². The van der Waals surface area contributed by atoms with Crippen molar-refractivity contribution in [2.45, 2.75) is 32.5 Å². The predicted octanol–water partition coefficient (Wildman–Crippen LogP) is 2.76. The molecule has 0 aliphatic heterocycles. The second-order valence-electron chi connectivity index (χ2n) is 4.69. The molecule has 0 aliphatic rings. The highest BCUT2D eigenvalue weighted by Crippen LogP contribution is 2.18. The number of carbonyl (C=O) groups excluding carboxylic acids is 1. The lowest BCUT2D eigenvalue weighted by molar-refractivity contribution is -0.154. The van der Waals surface area contributed by atoms with Crippen LogP contribution in [0.4, 0.5) is 18.9 Å². The van der Waals surface area contributed by atoms with Crippen molar-refractivity contribution in [3.8, 4) is 5.88 Å². The van der Waals surface area contributed by atoms with Crippen LogP contribution in [0, 0.1) is 5.92 Å². The van der Waals surface area contributed by atoms with Gasteiger partial charge in [0.15, 0.2) is 6.61 Å². The molecule has 0 aliphatic carbocycles. The molecule has 0 radical (unpaired) electrons. The summed E-state index contributed by atoms with van der Waals surface area (Å²) in [5.74, 6) is -0.515. The van der Waals surface area contributed by atoms with Gasteiger partial charge in [-0.2, -0.15) is 13.2 Å². The van der Waals surface area contributed by atoms with E-state index in [9.17, 15) is 18.0 Å². The maximum Gasteiger partial charge on any atom is 0.422 e. The van der Waals surface area contributed by atoms with Crippen LogP contribution in [0.3, 0.4) is 0 Å². The Morgan fingerprint density at radius 2 is 2.09 bits per heavy atom. The minimum absolute atomic E-state index is 0. The molecule has 3 N–H and O–H groups in total. The normalized spacial score (nSPS) is 13.7. The smallest absolute Gasteiger partial charge is 0.422 e. The van der Waals surface area contributed by atoms with Gasteiger partial charge < -0.3 is 15.8 Å². The van der Waals surface area contributed by atoms with Gasteiger partial charge in [0.25, 0.3) is 0 Å². The van der Waals surface area contributed by atoms with Crippen molar-refractivity contribution < 1.29 is 22.7 Å². The number of hydrogen-bond donors (Lipinski definition) is 2. The number of anilines is 1. The predicted molar refractivity (Wildman–Crippen MR) is 79.1 cm³/mol. The number of pyridine rings is 1. The van der Waals surface area contributed by atoms with Gasteiger partial charge in [-0.05, 0) is 12.0 Å². The quantitative estimate of drug-likeness (QED) is 0.834. The number of nitrogens with zero attached hydrogens (tertiary/aromatic N) is 1. The van der Waals surface area contributed by atoms with Gasteiger partial charge >= 0.3 is 6.18 Å². The molecular weight excluding hydrogens is 323 g/mol. The molecule has 1 rings (SSSR count). The van der Waals surface area contributed by atoms with Crippen molar-refractivity contribution in [2.24, 2.45) is 11.7 Å². The van der Waals surface area contributed by atoms with Gasteiger partial charge in [-0.1, -0.05) is 20.3 Å². The third kappa shape index (κ3) is 6.95. The summed E-state index contributed by atoms with van der Waals surface area (Å²) in [6, 6.07) is 1.99. The van der Waals surface area contributed by atoms with E-state index in [2.05, 4.69) is 15.0 Å². The summed E-state index contributed by atoms with van der Waals surface area (Å²) in [5.41, 5.74) is 6.11. The SMILES string of the molecule is CCC(C)C(N)C(=O)Nc1ccc(OCC(F)(F)F)nc1.Cl. The van der Waals surface area contributed by atoms with Crippen LogP contribution in [-0.2, 0) is 4.79 Å². The molecule has 1 heterocycles. The van der Waals surface area contributed by atoms with Crippen LogP contribution in [0.5, 0.6) is 5.88 Å². The number of rotatable bonds is 6. The Morgan fingerprint density at radius 1 is 1.45 bits per heavy atom. The van der Waals surface area contributed by atoms with Gasteiger partial charge in [-0.25, -0.2) is 4.98 Å². The first-order chi connectivity index (χ1) is 9.73. The zero-order valence-electron chi connectivity index (χ0n) is 12.2. The Labute approximate surface area is 132 Å². The van der Waals surface area contributed by atoms with Crippen LogP contribution in [0.1, 0.15) is 20.3 Å². The van der Waals surface area contributed by atoms with Crippen LogP contribution in [0.15, 0.2) is 18.3 Å². The second-order valence-corrected chi connectivity index (χ2v) is 4.69. The number of nitrogens with one attached hydrogen (secondary N) is 1. The largest absolute Gasteiger partial charge is 0.468 e. The fourth-order valence-corrected chi connectivity index (χ4v) is 1.43. The van der Waals surface area contributed by atoms with E-state index in [-0.39, 0.29) is 30.1 Å². The lowest BCUT2D eigenvalue weighted by Crippen LogP contribution is -2.40. The summed E-state index contributed by atoms with van der Waals surface area (Å²) in [6.07, 6.45) is -2.44. The molecule has 22 heavy (non-hydrogen) atoms. The molecular formula is C13H19ClF3N3O2. The Morgan fingerprint density at radius 3 is 2.55 bits per heavy atom. The number of amides is 1. The van der Waals surface area contributed by atoms with E-state index in [4.69, 9.17) is 5.73 Å². The van der Waals surface area contributed by atoms with E-state index in [0.29, 0.717) is 5.69 Å². The number of ether oxygens (including phenoxy) is 1. The fourth-order valence-electron chi connectivity index (χ4n) is 1.43. The van der Waals surface area contributed by atoms with Crippen molar-refractivity contribution >= 4 is 24.0 Å². The van der Waals surface area contributed by atoms with Crippen LogP contribution >= 0.6 is 12.4 Å². The monoisotopic (exact) mass is 341 g/mol. The number of aromatic nitrogens is 1. The van der Waals surface area contributed by atoms with Crippen LogP contribution < -0.4 is 15.8 Å². The minimum Gasteiger partial charge on any atom is -0.468 e.